The molecule has 0 radical (unpaired) electrons. The lowest BCUT2D eigenvalue weighted by atomic mass is 9.89. The van der Waals surface area contributed by atoms with Crippen molar-refractivity contribution < 1.29 is 9.94 Å². The van der Waals surface area contributed by atoms with Crippen LogP contribution in [0.1, 0.15) is 46.0 Å². The first kappa shape index (κ1) is 12.0. The molecule has 0 saturated heterocycles. The Morgan fingerprint density at radius 1 is 1.43 bits per heavy atom. The van der Waals surface area contributed by atoms with Gasteiger partial charge in [0.15, 0.2) is 0 Å². The molecule has 0 aromatic carbocycles. The Bertz CT molecular complexity index is 151. The molecule has 0 heterocycles. The maximum Gasteiger partial charge on any atom is 0.0790 e. The Kier molecular flexibility index (Phi) is 4.85. The second-order valence-corrected chi connectivity index (χ2v) is 4.67. The minimum Gasteiger partial charge on any atom is -0.396 e. The maximum absolute atomic E-state index is 9.18. The highest BCUT2D eigenvalue weighted by Crippen LogP contribution is 2.21. The molecule has 1 fully saturated rings. The van der Waals surface area contributed by atoms with Gasteiger partial charge in [-0.1, -0.05) is 26.7 Å². The molecule has 0 spiro atoms. The highest BCUT2D eigenvalue weighted by Gasteiger charge is 2.22. The molecule has 0 aliphatic heterocycles. The molecule has 0 aromatic rings. The van der Waals surface area contributed by atoms with Gasteiger partial charge in [-0.2, -0.15) is 0 Å². The van der Waals surface area contributed by atoms with Crippen LogP contribution in [0.3, 0.4) is 0 Å². The molecular formula is C11H23NO2. The first-order valence-electron chi connectivity index (χ1n) is 5.69. The van der Waals surface area contributed by atoms with E-state index in [1.165, 1.54) is 25.7 Å². The molecule has 1 unspecified atom stereocenters. The second kappa shape index (κ2) is 5.69. The van der Waals surface area contributed by atoms with Gasteiger partial charge < -0.3 is 5.11 Å². The SMILES string of the molecule is CCC(C)(CO)CNOC1CCCC1. The van der Waals surface area contributed by atoms with Gasteiger partial charge in [-0.15, -0.1) is 0 Å². The van der Waals surface area contributed by atoms with E-state index < -0.39 is 0 Å². The molecule has 3 heteroatoms. The van der Waals surface area contributed by atoms with Gasteiger partial charge in [0.1, 0.15) is 0 Å². The standard InChI is InChI=1S/C11H23NO2/c1-3-11(2,9-13)8-12-14-10-6-4-5-7-10/h10,12-13H,3-9H2,1-2H3. The highest BCUT2D eigenvalue weighted by atomic mass is 16.7. The summed E-state index contributed by atoms with van der Waals surface area (Å²) in [5.41, 5.74) is 2.97. The fourth-order valence-corrected chi connectivity index (χ4v) is 1.63. The zero-order chi connectivity index (χ0) is 10.4. The monoisotopic (exact) mass is 201 g/mol. The summed E-state index contributed by atoms with van der Waals surface area (Å²) in [5, 5.41) is 9.18. The predicted molar refractivity (Wildman–Crippen MR) is 56.8 cm³/mol. The fraction of sp³-hybridized carbons (Fsp3) is 1.00. The van der Waals surface area contributed by atoms with Crippen LogP contribution in [0.25, 0.3) is 0 Å². The lowest BCUT2D eigenvalue weighted by Gasteiger charge is -2.26. The minimum atomic E-state index is -0.0431. The summed E-state index contributed by atoms with van der Waals surface area (Å²) in [6, 6.07) is 0. The zero-order valence-electron chi connectivity index (χ0n) is 9.38. The van der Waals surface area contributed by atoms with E-state index in [-0.39, 0.29) is 12.0 Å². The Morgan fingerprint density at radius 3 is 2.57 bits per heavy atom. The zero-order valence-corrected chi connectivity index (χ0v) is 9.38. The Balaban J connectivity index is 2.12. The summed E-state index contributed by atoms with van der Waals surface area (Å²) in [4.78, 5) is 5.54. The van der Waals surface area contributed by atoms with E-state index in [0.29, 0.717) is 6.10 Å². The van der Waals surface area contributed by atoms with Crippen LogP contribution in [0.15, 0.2) is 0 Å². The third kappa shape index (κ3) is 3.56. The molecule has 1 saturated carbocycles. The molecule has 0 amide bonds. The summed E-state index contributed by atoms with van der Waals surface area (Å²) in [6.45, 7) is 5.10. The molecule has 0 bridgehead atoms. The summed E-state index contributed by atoms with van der Waals surface area (Å²) < 4.78 is 0. The normalized spacial score (nSPS) is 22.5. The van der Waals surface area contributed by atoms with E-state index in [1.54, 1.807) is 0 Å². The fourth-order valence-electron chi connectivity index (χ4n) is 1.63. The first-order chi connectivity index (χ1) is 6.70. The average Bonchev–Trinajstić information content (AvgIpc) is 2.70. The van der Waals surface area contributed by atoms with Gasteiger partial charge in [-0.3, -0.25) is 4.84 Å². The van der Waals surface area contributed by atoms with Crippen molar-refractivity contribution in [2.45, 2.75) is 52.1 Å². The van der Waals surface area contributed by atoms with E-state index in [4.69, 9.17) is 4.84 Å². The van der Waals surface area contributed by atoms with Crippen LogP contribution in [0.4, 0.5) is 0 Å². The van der Waals surface area contributed by atoms with Crippen LogP contribution in [0.2, 0.25) is 0 Å². The third-order valence-electron chi connectivity index (χ3n) is 3.29. The Hall–Kier alpha value is -0.120. The number of hydrogen-bond acceptors (Lipinski definition) is 3. The molecule has 14 heavy (non-hydrogen) atoms. The van der Waals surface area contributed by atoms with Gasteiger partial charge in [0.25, 0.3) is 0 Å². The van der Waals surface area contributed by atoms with E-state index in [2.05, 4.69) is 19.3 Å². The van der Waals surface area contributed by atoms with Crippen LogP contribution >= 0.6 is 0 Å². The minimum absolute atomic E-state index is 0.0431. The lowest BCUT2D eigenvalue weighted by Crippen LogP contribution is -2.36. The largest absolute Gasteiger partial charge is 0.396 e. The van der Waals surface area contributed by atoms with E-state index in [0.717, 1.165) is 13.0 Å². The van der Waals surface area contributed by atoms with Crippen LogP contribution in [-0.4, -0.2) is 24.4 Å². The van der Waals surface area contributed by atoms with Gasteiger partial charge in [0, 0.05) is 18.6 Å². The van der Waals surface area contributed by atoms with Crippen molar-refractivity contribution in [2.75, 3.05) is 13.2 Å². The van der Waals surface area contributed by atoms with Crippen LogP contribution < -0.4 is 5.48 Å². The molecule has 1 aliphatic carbocycles. The molecule has 3 nitrogen and oxygen atoms in total. The van der Waals surface area contributed by atoms with Gasteiger partial charge >= 0.3 is 0 Å². The van der Waals surface area contributed by atoms with Crippen molar-refractivity contribution in [3.05, 3.63) is 0 Å². The topological polar surface area (TPSA) is 41.5 Å². The number of aliphatic hydroxyl groups excluding tert-OH is 1. The van der Waals surface area contributed by atoms with Gasteiger partial charge in [0.2, 0.25) is 0 Å². The maximum atomic E-state index is 9.18. The summed E-state index contributed by atoms with van der Waals surface area (Å²) in [7, 11) is 0. The highest BCUT2D eigenvalue weighted by molar-refractivity contribution is 4.73. The molecule has 1 atom stereocenters. The van der Waals surface area contributed by atoms with Crippen molar-refractivity contribution in [1.29, 1.82) is 0 Å². The first-order valence-corrected chi connectivity index (χ1v) is 5.69. The molecular weight excluding hydrogens is 178 g/mol. The molecule has 2 N–H and O–H groups in total. The van der Waals surface area contributed by atoms with Crippen LogP contribution in [-0.2, 0) is 4.84 Å². The van der Waals surface area contributed by atoms with E-state index in [1.807, 2.05) is 0 Å². The number of hydroxylamine groups is 1. The molecule has 1 rings (SSSR count). The smallest absolute Gasteiger partial charge is 0.0790 e. The lowest BCUT2D eigenvalue weighted by molar-refractivity contribution is -0.0433. The van der Waals surface area contributed by atoms with Crippen molar-refractivity contribution in [3.8, 4) is 0 Å². The van der Waals surface area contributed by atoms with Crippen molar-refractivity contribution in [2.24, 2.45) is 5.41 Å². The van der Waals surface area contributed by atoms with Crippen LogP contribution in [0.5, 0.6) is 0 Å². The quantitative estimate of drug-likeness (QED) is 0.644. The summed E-state index contributed by atoms with van der Waals surface area (Å²) in [5.74, 6) is 0. The van der Waals surface area contributed by atoms with Crippen molar-refractivity contribution in [3.63, 3.8) is 0 Å². The predicted octanol–water partition coefficient (Wildman–Crippen LogP) is 1.86. The number of rotatable bonds is 6. The number of hydrogen-bond donors (Lipinski definition) is 2. The van der Waals surface area contributed by atoms with Crippen molar-refractivity contribution >= 4 is 0 Å². The van der Waals surface area contributed by atoms with Gasteiger partial charge in [-0.25, -0.2) is 5.48 Å². The molecule has 84 valence electrons. The van der Waals surface area contributed by atoms with Gasteiger partial charge in [0.05, 0.1) is 6.10 Å². The summed E-state index contributed by atoms with van der Waals surface area (Å²) in [6.07, 6.45) is 6.29. The van der Waals surface area contributed by atoms with Crippen LogP contribution in [0, 0.1) is 5.41 Å². The van der Waals surface area contributed by atoms with Crippen molar-refractivity contribution in [1.82, 2.24) is 5.48 Å². The molecule has 1 aliphatic rings. The number of nitrogens with one attached hydrogen (secondary N) is 1. The van der Waals surface area contributed by atoms with E-state index >= 15 is 0 Å². The third-order valence-corrected chi connectivity index (χ3v) is 3.29. The number of aliphatic hydroxyl groups is 1. The van der Waals surface area contributed by atoms with E-state index in [9.17, 15) is 5.11 Å². The Morgan fingerprint density at radius 2 is 2.07 bits per heavy atom. The molecule has 0 aromatic heterocycles. The average molecular weight is 201 g/mol. The Labute approximate surface area is 86.8 Å². The summed E-state index contributed by atoms with van der Waals surface area (Å²) >= 11 is 0. The van der Waals surface area contributed by atoms with Gasteiger partial charge in [-0.05, 0) is 19.3 Å². The second-order valence-electron chi connectivity index (χ2n) is 4.67.